The number of nitriles is 1. The van der Waals surface area contributed by atoms with E-state index in [2.05, 4.69) is 21.3 Å². The molecule has 2 heterocycles. The van der Waals surface area contributed by atoms with Crippen LogP contribution in [0.5, 0.6) is 5.75 Å². The first kappa shape index (κ1) is 17.4. The minimum Gasteiger partial charge on any atom is -0.495 e. The molecule has 0 aliphatic carbocycles. The number of likely N-dealkylation sites (tertiary alicyclic amines) is 1. The molecule has 0 radical (unpaired) electrons. The summed E-state index contributed by atoms with van der Waals surface area (Å²) in [6.45, 7) is 6.02. The van der Waals surface area contributed by atoms with Crippen LogP contribution in [0, 0.1) is 11.3 Å². The first-order chi connectivity index (χ1) is 11.9. The number of β-amino-alcohol motifs (C(OH)–C–C–N with tert-alkyl or cyclic N) is 1. The van der Waals surface area contributed by atoms with Crippen LogP contribution in [0.2, 0.25) is 0 Å². The first-order valence-electron chi connectivity index (χ1n) is 8.39. The molecular formula is C18H23N5O2. The van der Waals surface area contributed by atoms with E-state index in [1.165, 1.54) is 0 Å². The highest BCUT2D eigenvalue weighted by Crippen LogP contribution is 2.32. The summed E-state index contributed by atoms with van der Waals surface area (Å²) in [5, 5.41) is 28.3. The smallest absolute Gasteiger partial charge is 0.136 e. The molecule has 1 aliphatic rings. The van der Waals surface area contributed by atoms with E-state index in [0.29, 0.717) is 36.5 Å². The highest BCUT2D eigenvalue weighted by atomic mass is 16.5. The van der Waals surface area contributed by atoms with Crippen molar-refractivity contribution in [1.29, 1.82) is 5.26 Å². The fourth-order valence-corrected chi connectivity index (χ4v) is 3.14. The van der Waals surface area contributed by atoms with Crippen LogP contribution >= 0.6 is 0 Å². The van der Waals surface area contributed by atoms with Gasteiger partial charge in [-0.25, -0.2) is 4.68 Å². The van der Waals surface area contributed by atoms with Gasteiger partial charge in [0.1, 0.15) is 23.1 Å². The molecule has 7 nitrogen and oxygen atoms in total. The van der Waals surface area contributed by atoms with Gasteiger partial charge in [-0.15, -0.1) is 5.10 Å². The average molecular weight is 341 g/mol. The largest absolute Gasteiger partial charge is 0.495 e. The Hall–Kier alpha value is -2.43. The summed E-state index contributed by atoms with van der Waals surface area (Å²) in [4.78, 5) is 2.18. The molecule has 3 rings (SSSR count). The summed E-state index contributed by atoms with van der Waals surface area (Å²) in [6.07, 6.45) is 2.45. The molecule has 7 heteroatoms. The van der Waals surface area contributed by atoms with Gasteiger partial charge in [-0.2, -0.15) is 5.26 Å². The maximum Gasteiger partial charge on any atom is 0.136 e. The highest BCUT2D eigenvalue weighted by Gasteiger charge is 2.40. The normalized spacial score (nSPS) is 20.8. The maximum absolute atomic E-state index is 11.0. The van der Waals surface area contributed by atoms with Crippen molar-refractivity contribution in [3.05, 3.63) is 41.2 Å². The minimum absolute atomic E-state index is 0.216. The molecule has 1 atom stereocenters. The molecule has 1 fully saturated rings. The van der Waals surface area contributed by atoms with Gasteiger partial charge >= 0.3 is 0 Å². The Labute approximate surface area is 147 Å². The van der Waals surface area contributed by atoms with E-state index in [0.717, 1.165) is 12.1 Å². The highest BCUT2D eigenvalue weighted by molar-refractivity contribution is 5.45. The summed E-state index contributed by atoms with van der Waals surface area (Å²) >= 11 is 0. The van der Waals surface area contributed by atoms with E-state index in [9.17, 15) is 5.11 Å². The van der Waals surface area contributed by atoms with E-state index >= 15 is 0 Å². The zero-order valence-corrected chi connectivity index (χ0v) is 14.8. The van der Waals surface area contributed by atoms with Crippen LogP contribution in [0.3, 0.4) is 0 Å². The number of hydrogen-bond acceptors (Lipinski definition) is 6. The predicted molar refractivity (Wildman–Crippen MR) is 91.9 cm³/mol. The molecule has 0 unspecified atom stereocenters. The maximum atomic E-state index is 11.0. The van der Waals surface area contributed by atoms with Gasteiger partial charge in [0.2, 0.25) is 0 Å². The van der Waals surface area contributed by atoms with Crippen molar-refractivity contribution in [2.24, 2.45) is 0 Å². The molecule has 0 bridgehead atoms. The molecule has 0 amide bonds. The zero-order chi connectivity index (χ0) is 18.0. The van der Waals surface area contributed by atoms with Gasteiger partial charge in [-0.05, 0) is 38.0 Å². The summed E-state index contributed by atoms with van der Waals surface area (Å²) in [5.41, 5.74) is 1.23. The number of aromatic nitrogens is 3. The molecule has 1 aromatic carbocycles. The van der Waals surface area contributed by atoms with E-state index in [1.54, 1.807) is 17.9 Å². The monoisotopic (exact) mass is 341 g/mol. The second-order valence-electron chi connectivity index (χ2n) is 6.82. The van der Waals surface area contributed by atoms with Crippen molar-refractivity contribution in [1.82, 2.24) is 19.9 Å². The van der Waals surface area contributed by atoms with Gasteiger partial charge in [-0.1, -0.05) is 11.3 Å². The van der Waals surface area contributed by atoms with Crippen molar-refractivity contribution in [2.45, 2.75) is 38.5 Å². The number of hydrogen-bond donors (Lipinski definition) is 1. The number of aliphatic hydroxyl groups is 1. The lowest BCUT2D eigenvalue weighted by molar-refractivity contribution is 0.0408. The van der Waals surface area contributed by atoms with E-state index in [1.807, 2.05) is 32.2 Å². The van der Waals surface area contributed by atoms with Gasteiger partial charge in [0.05, 0.1) is 18.9 Å². The summed E-state index contributed by atoms with van der Waals surface area (Å²) in [6, 6.07) is 7.91. The second kappa shape index (κ2) is 6.82. The molecule has 1 N–H and O–H groups in total. The fraction of sp³-hybridized carbons (Fsp3) is 0.500. The molecule has 1 aliphatic heterocycles. The Bertz CT molecular complexity index is 795. The number of rotatable bonds is 5. The van der Waals surface area contributed by atoms with Crippen molar-refractivity contribution in [3.63, 3.8) is 0 Å². The van der Waals surface area contributed by atoms with Crippen LogP contribution < -0.4 is 4.74 Å². The Balaban J connectivity index is 1.71. The Morgan fingerprint density at radius 3 is 2.88 bits per heavy atom. The van der Waals surface area contributed by atoms with Crippen molar-refractivity contribution in [2.75, 3.05) is 20.2 Å². The van der Waals surface area contributed by atoms with E-state index in [4.69, 9.17) is 10.00 Å². The lowest BCUT2D eigenvalue weighted by Gasteiger charge is -2.21. The molecule has 1 aromatic heterocycles. The average Bonchev–Trinajstić information content (AvgIpc) is 3.23. The topological polar surface area (TPSA) is 87.2 Å². The van der Waals surface area contributed by atoms with Crippen LogP contribution in [0.15, 0.2) is 24.4 Å². The third-order valence-electron chi connectivity index (χ3n) is 4.64. The molecule has 2 aromatic rings. The van der Waals surface area contributed by atoms with Crippen LogP contribution in [0.4, 0.5) is 0 Å². The second-order valence-corrected chi connectivity index (χ2v) is 6.82. The zero-order valence-electron chi connectivity index (χ0n) is 14.8. The summed E-state index contributed by atoms with van der Waals surface area (Å²) in [7, 11) is 1.56. The molecule has 0 spiro atoms. The van der Waals surface area contributed by atoms with E-state index < -0.39 is 5.60 Å². The first-order valence-corrected chi connectivity index (χ1v) is 8.39. The SMILES string of the molecule is COc1cc(CN2CC[C@@](O)(c3cn(C(C)C)nn3)C2)ccc1C#N. The van der Waals surface area contributed by atoms with Crippen molar-refractivity contribution >= 4 is 0 Å². The molecular weight excluding hydrogens is 318 g/mol. The van der Waals surface area contributed by atoms with Crippen molar-refractivity contribution in [3.8, 4) is 11.8 Å². The van der Waals surface area contributed by atoms with Gasteiger partial charge in [0, 0.05) is 25.7 Å². The molecule has 0 saturated carbocycles. The van der Waals surface area contributed by atoms with Crippen LogP contribution in [-0.4, -0.2) is 45.2 Å². The van der Waals surface area contributed by atoms with Crippen molar-refractivity contribution < 1.29 is 9.84 Å². The number of ether oxygens (including phenoxy) is 1. The third-order valence-corrected chi connectivity index (χ3v) is 4.64. The number of nitrogens with zero attached hydrogens (tertiary/aromatic N) is 5. The van der Waals surface area contributed by atoms with Gasteiger partial charge in [-0.3, -0.25) is 4.90 Å². The summed E-state index contributed by atoms with van der Waals surface area (Å²) in [5.74, 6) is 0.578. The van der Waals surface area contributed by atoms with E-state index in [-0.39, 0.29) is 6.04 Å². The Morgan fingerprint density at radius 1 is 1.44 bits per heavy atom. The lowest BCUT2D eigenvalue weighted by atomic mass is 10.00. The number of benzene rings is 1. The van der Waals surface area contributed by atoms with Crippen LogP contribution in [0.1, 0.15) is 43.1 Å². The Morgan fingerprint density at radius 2 is 2.24 bits per heavy atom. The minimum atomic E-state index is -0.968. The van der Waals surface area contributed by atoms with Crippen LogP contribution in [-0.2, 0) is 12.1 Å². The standard InChI is InChI=1S/C18H23N5O2/c1-13(2)23-11-17(20-21-23)18(24)6-7-22(12-18)10-14-4-5-15(9-19)16(8-14)25-3/h4-5,8,11,13,24H,6-7,10,12H2,1-3H3/t18-/m0/s1. The van der Waals surface area contributed by atoms with Gasteiger partial charge in [0.15, 0.2) is 0 Å². The molecule has 132 valence electrons. The summed E-state index contributed by atoms with van der Waals surface area (Å²) < 4.78 is 7.03. The predicted octanol–water partition coefficient (Wildman–Crippen LogP) is 1.83. The molecule has 25 heavy (non-hydrogen) atoms. The van der Waals surface area contributed by atoms with Gasteiger partial charge in [0.25, 0.3) is 0 Å². The number of methoxy groups -OCH3 is 1. The fourth-order valence-electron chi connectivity index (χ4n) is 3.14. The van der Waals surface area contributed by atoms with Gasteiger partial charge < -0.3 is 9.84 Å². The Kier molecular flexibility index (Phi) is 4.75. The van der Waals surface area contributed by atoms with Crippen LogP contribution in [0.25, 0.3) is 0 Å². The molecule has 1 saturated heterocycles. The third kappa shape index (κ3) is 3.50. The quantitative estimate of drug-likeness (QED) is 0.893. The lowest BCUT2D eigenvalue weighted by Crippen LogP contribution is -2.31.